The average molecular weight is 378 g/mol. The number of hydrogen-bond acceptors (Lipinski definition) is 3. The zero-order valence-corrected chi connectivity index (χ0v) is 13.7. The molecule has 114 valence electrons. The molecule has 8 heteroatoms. The highest BCUT2D eigenvalue weighted by Gasteiger charge is 2.30. The van der Waals surface area contributed by atoms with Crippen molar-refractivity contribution in [2.45, 2.75) is 20.3 Å². The van der Waals surface area contributed by atoms with E-state index < -0.39 is 23.3 Å². The molecule has 1 rings (SSSR count). The van der Waals surface area contributed by atoms with Crippen LogP contribution in [0.5, 0.6) is 0 Å². The number of anilines is 1. The van der Waals surface area contributed by atoms with E-state index in [1.165, 1.54) is 19.9 Å². The van der Waals surface area contributed by atoms with Crippen molar-refractivity contribution in [1.82, 2.24) is 5.32 Å². The molecule has 0 aliphatic carbocycles. The van der Waals surface area contributed by atoms with Gasteiger partial charge in [0.15, 0.2) is 0 Å². The summed E-state index contributed by atoms with van der Waals surface area (Å²) in [6.07, 6.45) is -0.313. The van der Waals surface area contributed by atoms with E-state index in [-0.39, 0.29) is 6.42 Å². The Labute approximate surface area is 135 Å². The molecular formula is C13H14BrClN2O4. The van der Waals surface area contributed by atoms with Gasteiger partial charge < -0.3 is 10.4 Å². The summed E-state index contributed by atoms with van der Waals surface area (Å²) in [7, 11) is 0. The number of carboxylic acid groups (broad SMARTS) is 1. The number of carboxylic acids is 1. The average Bonchev–Trinajstić information content (AvgIpc) is 2.32. The monoisotopic (exact) mass is 376 g/mol. The molecule has 0 heterocycles. The van der Waals surface area contributed by atoms with Crippen LogP contribution in [-0.4, -0.2) is 23.0 Å². The molecule has 0 aliphatic heterocycles. The highest BCUT2D eigenvalue weighted by atomic mass is 79.9. The molecule has 3 N–H and O–H groups in total. The van der Waals surface area contributed by atoms with E-state index in [4.69, 9.17) is 16.7 Å². The van der Waals surface area contributed by atoms with Crippen LogP contribution in [0.25, 0.3) is 0 Å². The van der Waals surface area contributed by atoms with Gasteiger partial charge in [-0.3, -0.25) is 14.9 Å². The maximum absolute atomic E-state index is 11.7. The first kappa shape index (κ1) is 17.5. The number of imide groups is 1. The third-order valence-corrected chi connectivity index (χ3v) is 3.54. The first-order valence-electron chi connectivity index (χ1n) is 5.91. The van der Waals surface area contributed by atoms with Crippen molar-refractivity contribution in [3.63, 3.8) is 0 Å². The normalized spacial score (nSPS) is 10.9. The predicted octanol–water partition coefficient (Wildman–Crippen LogP) is 3.25. The second-order valence-electron chi connectivity index (χ2n) is 4.99. The lowest BCUT2D eigenvalue weighted by Gasteiger charge is -2.18. The summed E-state index contributed by atoms with van der Waals surface area (Å²) in [5.41, 5.74) is -0.855. The molecule has 6 nitrogen and oxygen atoms in total. The molecule has 0 bridgehead atoms. The van der Waals surface area contributed by atoms with Crippen LogP contribution in [0.15, 0.2) is 22.7 Å². The van der Waals surface area contributed by atoms with Gasteiger partial charge in [-0.25, -0.2) is 4.79 Å². The highest BCUT2D eigenvalue weighted by molar-refractivity contribution is 9.10. The summed E-state index contributed by atoms with van der Waals surface area (Å²) >= 11 is 9.03. The van der Waals surface area contributed by atoms with E-state index in [9.17, 15) is 14.4 Å². The van der Waals surface area contributed by atoms with Crippen molar-refractivity contribution in [3.8, 4) is 0 Å². The van der Waals surface area contributed by atoms with Crippen molar-refractivity contribution in [3.05, 3.63) is 27.7 Å². The van der Waals surface area contributed by atoms with E-state index >= 15 is 0 Å². The maximum Gasteiger partial charge on any atom is 0.325 e. The van der Waals surface area contributed by atoms with E-state index in [2.05, 4.69) is 26.6 Å². The smallest absolute Gasteiger partial charge is 0.325 e. The fraction of sp³-hybridized carbons (Fsp3) is 0.308. The van der Waals surface area contributed by atoms with Crippen LogP contribution in [-0.2, 0) is 9.59 Å². The van der Waals surface area contributed by atoms with Crippen molar-refractivity contribution >= 4 is 51.1 Å². The zero-order chi connectivity index (χ0) is 16.2. The quantitative estimate of drug-likeness (QED) is 0.750. The number of carbonyl (C=O) groups is 3. The molecule has 0 unspecified atom stereocenters. The summed E-state index contributed by atoms with van der Waals surface area (Å²) < 4.78 is 0.598. The Hall–Kier alpha value is -1.60. The minimum atomic E-state index is -1.25. The highest BCUT2D eigenvalue weighted by Crippen LogP contribution is 2.26. The molecule has 21 heavy (non-hydrogen) atoms. The minimum Gasteiger partial charge on any atom is -0.481 e. The Morgan fingerprint density at radius 3 is 2.52 bits per heavy atom. The molecule has 0 aliphatic rings. The predicted molar refractivity (Wildman–Crippen MR) is 82.3 cm³/mol. The Bertz CT molecular complexity index is 590. The van der Waals surface area contributed by atoms with Crippen molar-refractivity contribution < 1.29 is 19.5 Å². The summed E-state index contributed by atoms with van der Waals surface area (Å²) in [6.45, 7) is 2.81. The van der Waals surface area contributed by atoms with Gasteiger partial charge in [0.1, 0.15) is 0 Å². The van der Waals surface area contributed by atoms with E-state index in [1.807, 2.05) is 0 Å². The molecule has 3 amide bonds. The van der Waals surface area contributed by atoms with Gasteiger partial charge in [0.25, 0.3) is 0 Å². The first-order valence-corrected chi connectivity index (χ1v) is 7.08. The SMILES string of the molecule is CC(C)(CC(=O)NC(=O)Nc1cc(Cl)ccc1Br)C(=O)O. The molecule has 0 aromatic heterocycles. The summed E-state index contributed by atoms with van der Waals surface area (Å²) in [4.78, 5) is 34.2. The first-order chi connectivity index (χ1) is 9.61. The number of aliphatic carboxylic acids is 1. The maximum atomic E-state index is 11.7. The van der Waals surface area contributed by atoms with Gasteiger partial charge in [-0.05, 0) is 48.0 Å². The Balaban J connectivity index is 2.64. The van der Waals surface area contributed by atoms with Crippen molar-refractivity contribution in [2.75, 3.05) is 5.32 Å². The molecule has 0 spiro atoms. The Morgan fingerprint density at radius 2 is 1.95 bits per heavy atom. The zero-order valence-electron chi connectivity index (χ0n) is 11.4. The molecule has 1 aromatic carbocycles. The molecule has 0 saturated heterocycles. The molecule has 0 atom stereocenters. The van der Waals surface area contributed by atoms with Crippen molar-refractivity contribution in [2.24, 2.45) is 5.41 Å². The molecule has 1 aromatic rings. The molecule has 0 fully saturated rings. The lowest BCUT2D eigenvalue weighted by Crippen LogP contribution is -2.38. The summed E-state index contributed by atoms with van der Waals surface area (Å²) in [5, 5.41) is 13.9. The molecule has 0 saturated carbocycles. The van der Waals surface area contributed by atoms with Crippen LogP contribution in [0.2, 0.25) is 5.02 Å². The number of rotatable bonds is 4. The second kappa shape index (κ2) is 6.91. The number of amides is 3. The van der Waals surface area contributed by atoms with Crippen LogP contribution in [0, 0.1) is 5.41 Å². The van der Waals surface area contributed by atoms with Crippen LogP contribution < -0.4 is 10.6 Å². The number of urea groups is 1. The Kier molecular flexibility index (Phi) is 5.74. The third-order valence-electron chi connectivity index (χ3n) is 2.61. The van der Waals surface area contributed by atoms with Gasteiger partial charge in [-0.2, -0.15) is 0 Å². The van der Waals surface area contributed by atoms with Crippen LogP contribution in [0.1, 0.15) is 20.3 Å². The van der Waals surface area contributed by atoms with E-state index in [0.29, 0.717) is 15.2 Å². The third kappa shape index (κ3) is 5.35. The molecular weight excluding hydrogens is 364 g/mol. The van der Waals surface area contributed by atoms with Gasteiger partial charge in [-0.15, -0.1) is 0 Å². The topological polar surface area (TPSA) is 95.5 Å². The number of carbonyl (C=O) groups excluding carboxylic acids is 2. The number of benzene rings is 1. The van der Waals surface area contributed by atoms with Crippen LogP contribution >= 0.6 is 27.5 Å². The standard InChI is InChI=1S/C13H14BrClN2O4/c1-13(2,11(19)20)6-10(18)17-12(21)16-9-5-7(15)3-4-8(9)14/h3-5H,6H2,1-2H3,(H,19,20)(H2,16,17,18,21). The second-order valence-corrected chi connectivity index (χ2v) is 6.28. The van der Waals surface area contributed by atoms with E-state index in [1.54, 1.807) is 12.1 Å². The van der Waals surface area contributed by atoms with Crippen molar-refractivity contribution in [1.29, 1.82) is 0 Å². The summed E-state index contributed by atoms with van der Waals surface area (Å²) in [5.74, 6) is -1.80. The summed E-state index contributed by atoms with van der Waals surface area (Å²) in [6, 6.07) is 4.03. The minimum absolute atomic E-state index is 0.313. The van der Waals surface area contributed by atoms with Gasteiger partial charge in [0.2, 0.25) is 5.91 Å². The van der Waals surface area contributed by atoms with Gasteiger partial charge >= 0.3 is 12.0 Å². The number of nitrogens with one attached hydrogen (secondary N) is 2. The molecule has 0 radical (unpaired) electrons. The number of hydrogen-bond donors (Lipinski definition) is 3. The van der Waals surface area contributed by atoms with Gasteiger partial charge in [0.05, 0.1) is 11.1 Å². The Morgan fingerprint density at radius 1 is 1.33 bits per heavy atom. The van der Waals surface area contributed by atoms with E-state index in [0.717, 1.165) is 0 Å². The lowest BCUT2D eigenvalue weighted by molar-refractivity contribution is -0.149. The number of halogens is 2. The van der Waals surface area contributed by atoms with Gasteiger partial charge in [-0.1, -0.05) is 11.6 Å². The van der Waals surface area contributed by atoms with Crippen LogP contribution in [0.4, 0.5) is 10.5 Å². The fourth-order valence-electron chi connectivity index (χ4n) is 1.39. The lowest BCUT2D eigenvalue weighted by atomic mass is 9.89. The fourth-order valence-corrected chi connectivity index (χ4v) is 1.91. The van der Waals surface area contributed by atoms with Crippen LogP contribution in [0.3, 0.4) is 0 Å². The largest absolute Gasteiger partial charge is 0.481 e. The van der Waals surface area contributed by atoms with Gasteiger partial charge in [0, 0.05) is 15.9 Å².